The van der Waals surface area contributed by atoms with Gasteiger partial charge in [-0.15, -0.1) is 0 Å². The molecule has 21 heavy (non-hydrogen) atoms. The van der Waals surface area contributed by atoms with Gasteiger partial charge in [0.25, 0.3) is 0 Å². The lowest BCUT2D eigenvalue weighted by Gasteiger charge is -2.18. The summed E-state index contributed by atoms with van der Waals surface area (Å²) >= 11 is 0. The number of hydrogen-bond acceptors (Lipinski definition) is 5. The molecule has 1 aromatic heterocycles. The van der Waals surface area contributed by atoms with Crippen molar-refractivity contribution in [1.29, 1.82) is 0 Å². The Morgan fingerprint density at radius 1 is 1.33 bits per heavy atom. The van der Waals surface area contributed by atoms with Crippen LogP contribution in [0.3, 0.4) is 0 Å². The van der Waals surface area contributed by atoms with Crippen LogP contribution in [-0.2, 0) is 10.2 Å². The molecule has 1 rings (SSSR count). The van der Waals surface area contributed by atoms with Gasteiger partial charge in [0.15, 0.2) is 0 Å². The van der Waals surface area contributed by atoms with Gasteiger partial charge < -0.3 is 10.1 Å². The molecule has 1 aromatic rings. The number of ether oxygens (including phenoxy) is 1. The molecule has 0 aliphatic carbocycles. The Hall–Kier alpha value is -1.38. The maximum absolute atomic E-state index is 12.1. The molecule has 8 heteroatoms. The number of methoxy groups -OCH3 is 1. The molecule has 7 nitrogen and oxygen atoms in total. The Kier molecular flexibility index (Phi) is 7.41. The van der Waals surface area contributed by atoms with Crippen molar-refractivity contribution in [1.82, 2.24) is 14.6 Å². The van der Waals surface area contributed by atoms with Gasteiger partial charge in [0, 0.05) is 19.7 Å². The van der Waals surface area contributed by atoms with E-state index in [1.54, 1.807) is 19.2 Å². The fourth-order valence-electron chi connectivity index (χ4n) is 1.64. The van der Waals surface area contributed by atoms with E-state index in [4.69, 9.17) is 4.74 Å². The minimum atomic E-state index is -3.55. The molecular formula is C13H24N4O3S. The van der Waals surface area contributed by atoms with E-state index in [1.807, 2.05) is 0 Å². The topological polar surface area (TPSA) is 83.6 Å². The summed E-state index contributed by atoms with van der Waals surface area (Å²) in [6, 6.07) is 3.21. The van der Waals surface area contributed by atoms with Gasteiger partial charge in [0.05, 0.1) is 19.0 Å². The maximum Gasteiger partial charge on any atom is 0.301 e. The number of rotatable bonds is 10. The van der Waals surface area contributed by atoms with Crippen LogP contribution in [0.25, 0.3) is 0 Å². The van der Waals surface area contributed by atoms with Crippen LogP contribution in [0, 0.1) is 0 Å². The van der Waals surface area contributed by atoms with Gasteiger partial charge in [-0.3, -0.25) is 4.72 Å². The number of nitrogens with zero attached hydrogens (tertiary/aromatic N) is 2. The monoisotopic (exact) mass is 316 g/mol. The van der Waals surface area contributed by atoms with Crippen LogP contribution in [0.1, 0.15) is 19.8 Å². The summed E-state index contributed by atoms with van der Waals surface area (Å²) in [6.45, 7) is 4.30. The number of anilines is 1. The van der Waals surface area contributed by atoms with Gasteiger partial charge in [-0.05, 0) is 32.0 Å². The third-order valence-corrected chi connectivity index (χ3v) is 4.35. The molecule has 0 aliphatic heterocycles. The lowest BCUT2D eigenvalue weighted by atomic mass is 10.4. The molecular weight excluding hydrogens is 292 g/mol. The van der Waals surface area contributed by atoms with E-state index in [9.17, 15) is 8.42 Å². The molecule has 1 heterocycles. The molecule has 0 fully saturated rings. The van der Waals surface area contributed by atoms with Gasteiger partial charge >= 0.3 is 10.2 Å². The Balaban J connectivity index is 2.47. The van der Waals surface area contributed by atoms with E-state index in [0.717, 1.165) is 25.9 Å². The van der Waals surface area contributed by atoms with Gasteiger partial charge in [-0.2, -0.15) is 12.7 Å². The number of aromatic nitrogens is 1. The Morgan fingerprint density at radius 3 is 2.67 bits per heavy atom. The summed E-state index contributed by atoms with van der Waals surface area (Å²) in [4.78, 5) is 3.96. The molecule has 0 radical (unpaired) electrons. The van der Waals surface area contributed by atoms with E-state index < -0.39 is 10.2 Å². The minimum absolute atomic E-state index is 0.409. The van der Waals surface area contributed by atoms with Gasteiger partial charge in [-0.1, -0.05) is 6.92 Å². The zero-order valence-corrected chi connectivity index (χ0v) is 13.6. The average Bonchev–Trinajstić information content (AvgIpc) is 2.47. The molecule has 0 aromatic carbocycles. The van der Waals surface area contributed by atoms with Crippen LogP contribution in [0.2, 0.25) is 0 Å². The van der Waals surface area contributed by atoms with Crippen molar-refractivity contribution in [2.75, 3.05) is 38.5 Å². The zero-order chi connectivity index (χ0) is 15.7. The van der Waals surface area contributed by atoms with E-state index in [2.05, 4.69) is 21.9 Å². The lowest BCUT2D eigenvalue weighted by Crippen LogP contribution is -2.34. The van der Waals surface area contributed by atoms with Crippen LogP contribution in [0.15, 0.2) is 18.3 Å². The van der Waals surface area contributed by atoms with Crippen molar-refractivity contribution in [2.45, 2.75) is 19.8 Å². The van der Waals surface area contributed by atoms with Crippen molar-refractivity contribution in [3.05, 3.63) is 18.3 Å². The summed E-state index contributed by atoms with van der Waals surface area (Å²) in [6.07, 6.45) is 3.26. The second-order valence-corrected chi connectivity index (χ2v) is 6.40. The predicted molar refractivity (Wildman–Crippen MR) is 83.7 cm³/mol. The third-order valence-electron chi connectivity index (χ3n) is 2.86. The van der Waals surface area contributed by atoms with Crippen LogP contribution in [0.5, 0.6) is 5.88 Å². The largest absolute Gasteiger partial charge is 0.481 e. The summed E-state index contributed by atoms with van der Waals surface area (Å²) in [7, 11) is -0.490. The fraction of sp³-hybridized carbons (Fsp3) is 0.615. The van der Waals surface area contributed by atoms with Crippen molar-refractivity contribution >= 4 is 15.9 Å². The smallest absolute Gasteiger partial charge is 0.301 e. The van der Waals surface area contributed by atoms with Crippen molar-refractivity contribution in [2.24, 2.45) is 0 Å². The summed E-state index contributed by atoms with van der Waals surface area (Å²) in [5.41, 5.74) is 0.409. The summed E-state index contributed by atoms with van der Waals surface area (Å²) < 4.78 is 32.9. The molecule has 0 aliphatic rings. The maximum atomic E-state index is 12.1. The fourth-order valence-corrected chi connectivity index (χ4v) is 2.58. The standard InChI is InChI=1S/C13H24N4O3S/c1-4-8-14-9-5-10-17(2)21(18,19)16-12-6-7-13(20-3)15-11-12/h6-7,11,14,16H,4-5,8-10H2,1-3H3. The molecule has 0 unspecified atom stereocenters. The summed E-state index contributed by atoms with van der Waals surface area (Å²) in [5.74, 6) is 0.438. The predicted octanol–water partition coefficient (Wildman–Crippen LogP) is 1.07. The molecule has 0 spiro atoms. The number of nitrogens with one attached hydrogen (secondary N) is 2. The first-order valence-corrected chi connectivity index (χ1v) is 8.38. The van der Waals surface area contributed by atoms with E-state index in [-0.39, 0.29) is 0 Å². The number of hydrogen-bond donors (Lipinski definition) is 2. The van der Waals surface area contributed by atoms with E-state index in [0.29, 0.717) is 18.1 Å². The second-order valence-electron chi connectivity index (χ2n) is 4.62. The van der Waals surface area contributed by atoms with Crippen LogP contribution in [-0.4, -0.2) is 51.5 Å². The first-order chi connectivity index (χ1) is 9.99. The molecule has 0 atom stereocenters. The van der Waals surface area contributed by atoms with E-state index >= 15 is 0 Å². The van der Waals surface area contributed by atoms with Gasteiger partial charge in [-0.25, -0.2) is 4.98 Å². The molecule has 0 saturated heterocycles. The van der Waals surface area contributed by atoms with Crippen molar-refractivity contribution in [3.63, 3.8) is 0 Å². The third kappa shape index (κ3) is 6.28. The zero-order valence-electron chi connectivity index (χ0n) is 12.8. The quantitative estimate of drug-likeness (QED) is 0.631. The first-order valence-electron chi connectivity index (χ1n) is 6.94. The molecule has 0 amide bonds. The normalized spacial score (nSPS) is 11.6. The molecule has 2 N–H and O–H groups in total. The van der Waals surface area contributed by atoms with Crippen LogP contribution < -0.4 is 14.8 Å². The Bertz CT molecular complexity index is 505. The number of pyridine rings is 1. The molecule has 0 bridgehead atoms. The first kappa shape index (κ1) is 17.7. The van der Waals surface area contributed by atoms with Gasteiger partial charge in [0.1, 0.15) is 0 Å². The highest BCUT2D eigenvalue weighted by Crippen LogP contribution is 2.13. The van der Waals surface area contributed by atoms with E-state index in [1.165, 1.54) is 17.6 Å². The lowest BCUT2D eigenvalue weighted by molar-refractivity contribution is 0.398. The van der Waals surface area contributed by atoms with Crippen molar-refractivity contribution < 1.29 is 13.2 Å². The SMILES string of the molecule is CCCNCCCN(C)S(=O)(=O)Nc1ccc(OC)nc1. The Morgan fingerprint density at radius 2 is 2.10 bits per heavy atom. The molecule has 120 valence electrons. The minimum Gasteiger partial charge on any atom is -0.481 e. The van der Waals surface area contributed by atoms with Crippen molar-refractivity contribution in [3.8, 4) is 5.88 Å². The Labute approximate surface area is 126 Å². The van der Waals surface area contributed by atoms with Crippen LogP contribution in [0.4, 0.5) is 5.69 Å². The highest BCUT2D eigenvalue weighted by atomic mass is 32.2. The summed E-state index contributed by atoms with van der Waals surface area (Å²) in [5, 5.41) is 3.24. The van der Waals surface area contributed by atoms with Crippen LogP contribution >= 0.6 is 0 Å². The average molecular weight is 316 g/mol. The highest BCUT2D eigenvalue weighted by Gasteiger charge is 2.17. The highest BCUT2D eigenvalue weighted by molar-refractivity contribution is 7.90. The molecule has 0 saturated carbocycles. The second kappa shape index (κ2) is 8.81. The van der Waals surface area contributed by atoms with Gasteiger partial charge in [0.2, 0.25) is 5.88 Å².